The van der Waals surface area contributed by atoms with E-state index >= 15 is 0 Å². The van der Waals surface area contributed by atoms with Gasteiger partial charge < -0.3 is 9.30 Å². The minimum atomic E-state index is -3.72. The molecule has 0 unspecified atom stereocenters. The molecule has 0 atom stereocenters. The van der Waals surface area contributed by atoms with E-state index < -0.39 is 10.0 Å². The highest BCUT2D eigenvalue weighted by Gasteiger charge is 2.15. The topological polar surface area (TPSA) is 77.4 Å². The van der Waals surface area contributed by atoms with Gasteiger partial charge in [0.05, 0.1) is 12.0 Å². The highest BCUT2D eigenvalue weighted by Crippen LogP contribution is 2.24. The minimum absolute atomic E-state index is 0.0839. The van der Waals surface area contributed by atoms with Gasteiger partial charge in [0.15, 0.2) is 0 Å². The van der Waals surface area contributed by atoms with Crippen molar-refractivity contribution >= 4 is 21.6 Å². The Morgan fingerprint density at radius 3 is 2.41 bits per heavy atom. The van der Waals surface area contributed by atoms with Crippen molar-refractivity contribution in [3.63, 3.8) is 0 Å². The zero-order chi connectivity index (χ0) is 21.0. The van der Waals surface area contributed by atoms with E-state index in [1.54, 1.807) is 37.3 Å². The molecule has 2 aromatic carbocycles. The highest BCUT2D eigenvalue weighted by atomic mass is 35.5. The molecule has 6 nitrogen and oxygen atoms in total. The molecule has 1 N–H and O–H groups in total. The zero-order valence-electron chi connectivity index (χ0n) is 16.1. The largest absolute Gasteiger partial charge is 0.496 e. The highest BCUT2D eigenvalue weighted by molar-refractivity contribution is 7.89. The number of methoxy groups -OCH3 is 1. The Labute approximate surface area is 174 Å². The van der Waals surface area contributed by atoms with Crippen molar-refractivity contribution in [2.24, 2.45) is 0 Å². The molecule has 3 rings (SSSR count). The second-order valence-electron chi connectivity index (χ2n) is 6.46. The number of rotatable bonds is 7. The number of aromatic nitrogens is 1. The maximum atomic E-state index is 12.7. The first kappa shape index (κ1) is 21.1. The van der Waals surface area contributed by atoms with Crippen molar-refractivity contribution in [1.29, 1.82) is 0 Å². The molecule has 152 valence electrons. The Morgan fingerprint density at radius 1 is 1.03 bits per heavy atom. The van der Waals surface area contributed by atoms with Gasteiger partial charge in [0.2, 0.25) is 10.0 Å². The molecule has 1 aromatic heterocycles. The third kappa shape index (κ3) is 5.06. The standard InChI is InChI=1S/C21H21ClN2O4S/c1-15-12-19(28-2)14-21(25)24(15)11-10-23-29(26,27)20-5-3-4-17(13-20)16-6-8-18(22)9-7-16/h3-9,12-14,23H,10-11H2,1-2H3. The van der Waals surface area contributed by atoms with Crippen LogP contribution in [0.2, 0.25) is 5.02 Å². The lowest BCUT2D eigenvalue weighted by atomic mass is 10.1. The lowest BCUT2D eigenvalue weighted by molar-refractivity contribution is 0.411. The maximum absolute atomic E-state index is 12.7. The first-order chi connectivity index (χ1) is 13.8. The number of hydrogen-bond acceptors (Lipinski definition) is 4. The van der Waals surface area contributed by atoms with Crippen LogP contribution in [0.1, 0.15) is 5.69 Å². The number of aryl methyl sites for hydroxylation is 1. The molecule has 0 saturated carbocycles. The lowest BCUT2D eigenvalue weighted by Gasteiger charge is -2.12. The van der Waals surface area contributed by atoms with E-state index in [-0.39, 0.29) is 23.5 Å². The second kappa shape index (κ2) is 8.82. The predicted octanol–water partition coefficient (Wildman–Crippen LogP) is 3.46. The van der Waals surface area contributed by atoms with Gasteiger partial charge in [-0.15, -0.1) is 0 Å². The summed E-state index contributed by atoms with van der Waals surface area (Å²) in [7, 11) is -2.23. The van der Waals surface area contributed by atoms with E-state index in [0.29, 0.717) is 16.5 Å². The quantitative estimate of drug-likeness (QED) is 0.620. The molecule has 0 bridgehead atoms. The lowest BCUT2D eigenvalue weighted by Crippen LogP contribution is -2.31. The van der Waals surface area contributed by atoms with E-state index in [1.807, 2.05) is 18.2 Å². The number of sulfonamides is 1. The monoisotopic (exact) mass is 432 g/mol. The number of nitrogens with one attached hydrogen (secondary N) is 1. The summed E-state index contributed by atoms with van der Waals surface area (Å²) in [6.07, 6.45) is 0. The zero-order valence-corrected chi connectivity index (χ0v) is 17.6. The first-order valence-electron chi connectivity index (χ1n) is 8.91. The number of halogens is 1. The molecule has 0 aliphatic carbocycles. The minimum Gasteiger partial charge on any atom is -0.496 e. The number of benzene rings is 2. The van der Waals surface area contributed by atoms with Crippen LogP contribution in [0.5, 0.6) is 5.75 Å². The average molecular weight is 433 g/mol. The molecule has 0 amide bonds. The SMILES string of the molecule is COc1cc(C)n(CCNS(=O)(=O)c2cccc(-c3ccc(Cl)cc3)c2)c(=O)c1. The van der Waals surface area contributed by atoms with E-state index in [0.717, 1.165) is 11.1 Å². The Hall–Kier alpha value is -2.61. The van der Waals surface area contributed by atoms with E-state index in [9.17, 15) is 13.2 Å². The Bertz CT molecular complexity index is 1170. The van der Waals surface area contributed by atoms with E-state index in [1.165, 1.54) is 23.8 Å². The van der Waals surface area contributed by atoms with Crippen molar-refractivity contribution in [1.82, 2.24) is 9.29 Å². The van der Waals surface area contributed by atoms with Gasteiger partial charge in [-0.05, 0) is 48.4 Å². The van der Waals surface area contributed by atoms with E-state index in [4.69, 9.17) is 16.3 Å². The second-order valence-corrected chi connectivity index (χ2v) is 8.66. The molecule has 29 heavy (non-hydrogen) atoms. The summed E-state index contributed by atoms with van der Waals surface area (Å²) in [4.78, 5) is 12.3. The predicted molar refractivity (Wildman–Crippen MR) is 114 cm³/mol. The maximum Gasteiger partial charge on any atom is 0.254 e. The Balaban J connectivity index is 1.74. The summed E-state index contributed by atoms with van der Waals surface area (Å²) >= 11 is 5.91. The summed E-state index contributed by atoms with van der Waals surface area (Å²) in [6.45, 7) is 2.07. The van der Waals surface area contributed by atoms with Gasteiger partial charge in [0.1, 0.15) is 5.75 Å². The molecule has 0 fully saturated rings. The molecular weight excluding hydrogens is 412 g/mol. The molecule has 1 heterocycles. The van der Waals surface area contributed by atoms with Gasteiger partial charge in [-0.1, -0.05) is 35.9 Å². The molecule has 0 spiro atoms. The van der Waals surface area contributed by atoms with Crippen LogP contribution < -0.4 is 15.0 Å². The van der Waals surface area contributed by atoms with Crippen molar-refractivity contribution in [2.45, 2.75) is 18.4 Å². The smallest absolute Gasteiger partial charge is 0.254 e. The van der Waals surface area contributed by atoms with Crippen molar-refractivity contribution in [2.75, 3.05) is 13.7 Å². The molecule has 0 radical (unpaired) electrons. The van der Waals surface area contributed by atoms with Crippen molar-refractivity contribution < 1.29 is 13.2 Å². The van der Waals surface area contributed by atoms with Crippen LogP contribution in [0.4, 0.5) is 0 Å². The summed E-state index contributed by atoms with van der Waals surface area (Å²) < 4.78 is 34.5. The first-order valence-corrected chi connectivity index (χ1v) is 10.8. The third-order valence-electron chi connectivity index (χ3n) is 4.49. The molecule has 3 aromatic rings. The van der Waals surface area contributed by atoms with Crippen LogP contribution in [0.25, 0.3) is 11.1 Å². The van der Waals surface area contributed by atoms with Gasteiger partial charge in [-0.3, -0.25) is 4.79 Å². The van der Waals surface area contributed by atoms with E-state index in [2.05, 4.69) is 4.72 Å². The molecule has 0 saturated heterocycles. The fourth-order valence-corrected chi connectivity index (χ4v) is 4.16. The Morgan fingerprint density at radius 2 is 1.76 bits per heavy atom. The molecular formula is C21H21ClN2O4S. The van der Waals surface area contributed by atoms with Gasteiger partial charge in [0.25, 0.3) is 5.56 Å². The fraction of sp³-hybridized carbons (Fsp3) is 0.190. The third-order valence-corrected chi connectivity index (χ3v) is 6.20. The van der Waals surface area contributed by atoms with Crippen LogP contribution in [0.15, 0.2) is 70.4 Å². The van der Waals surface area contributed by atoms with Crippen LogP contribution >= 0.6 is 11.6 Å². The molecule has 0 aliphatic rings. The summed E-state index contributed by atoms with van der Waals surface area (Å²) in [6, 6.07) is 16.9. The number of hydrogen-bond donors (Lipinski definition) is 1. The molecule has 8 heteroatoms. The van der Waals surface area contributed by atoms with Crippen LogP contribution in [0, 0.1) is 6.92 Å². The number of pyridine rings is 1. The average Bonchev–Trinajstić information content (AvgIpc) is 2.70. The van der Waals surface area contributed by atoms with Crippen molar-refractivity contribution in [3.8, 4) is 16.9 Å². The van der Waals surface area contributed by atoms with Gasteiger partial charge in [-0.25, -0.2) is 13.1 Å². The van der Waals surface area contributed by atoms with Gasteiger partial charge in [0, 0.05) is 29.9 Å². The normalized spacial score (nSPS) is 11.4. The fourth-order valence-electron chi connectivity index (χ4n) is 2.96. The summed E-state index contributed by atoms with van der Waals surface area (Å²) in [5, 5.41) is 0.614. The molecule has 0 aliphatic heterocycles. The summed E-state index contributed by atoms with van der Waals surface area (Å²) in [5.41, 5.74) is 2.09. The number of ether oxygens (including phenoxy) is 1. The van der Waals surface area contributed by atoms with Crippen LogP contribution in [0.3, 0.4) is 0 Å². The van der Waals surface area contributed by atoms with Crippen LogP contribution in [-0.4, -0.2) is 26.6 Å². The van der Waals surface area contributed by atoms with Crippen molar-refractivity contribution in [3.05, 3.63) is 81.7 Å². The summed E-state index contributed by atoms with van der Waals surface area (Å²) in [5.74, 6) is 0.475. The number of nitrogens with zero attached hydrogens (tertiary/aromatic N) is 1. The van der Waals surface area contributed by atoms with Gasteiger partial charge >= 0.3 is 0 Å². The Kier molecular flexibility index (Phi) is 6.42. The van der Waals surface area contributed by atoms with Gasteiger partial charge in [-0.2, -0.15) is 0 Å². The van der Waals surface area contributed by atoms with Crippen LogP contribution in [-0.2, 0) is 16.6 Å².